The van der Waals surface area contributed by atoms with Gasteiger partial charge in [0, 0.05) is 24.2 Å². The minimum atomic E-state index is -0.768. The first kappa shape index (κ1) is 20.6. The average Bonchev–Trinajstić information content (AvgIpc) is 3.18. The van der Waals surface area contributed by atoms with Crippen LogP contribution in [0.25, 0.3) is 28.2 Å². The Balaban J connectivity index is 1.76. The third-order valence-corrected chi connectivity index (χ3v) is 5.63. The molecule has 0 bridgehead atoms. The van der Waals surface area contributed by atoms with Gasteiger partial charge >= 0.3 is 0 Å². The number of anilines is 1. The van der Waals surface area contributed by atoms with Crippen molar-refractivity contribution in [3.8, 4) is 34.3 Å². The molecule has 0 fully saturated rings. The first-order chi connectivity index (χ1) is 16.0. The predicted octanol–water partition coefficient (Wildman–Crippen LogP) is 3.91. The molecule has 33 heavy (non-hydrogen) atoms. The van der Waals surface area contributed by atoms with Crippen LogP contribution in [0.2, 0.25) is 0 Å². The van der Waals surface area contributed by atoms with Gasteiger partial charge in [0.05, 0.1) is 35.5 Å². The van der Waals surface area contributed by atoms with Crippen LogP contribution in [0.1, 0.15) is 5.56 Å². The SMILES string of the molecule is Cc1ccccc1-n1nc(-c2c(-c3ccc(F)cc3F)nn3c2NCC(C#N)C3)ccc1=O. The summed E-state index contributed by atoms with van der Waals surface area (Å²) < 4.78 is 31.2. The fourth-order valence-corrected chi connectivity index (χ4v) is 3.98. The summed E-state index contributed by atoms with van der Waals surface area (Å²) in [6.07, 6.45) is 0. The van der Waals surface area contributed by atoms with Crippen LogP contribution in [0.4, 0.5) is 14.6 Å². The molecule has 1 N–H and O–H groups in total. The molecule has 0 radical (unpaired) electrons. The standard InChI is InChI=1S/C24H18F2N6O/c1-14-4-2-3-5-20(14)32-21(33)9-8-19(29-32)22-23(17-7-6-16(25)10-18(17)26)30-31-13-15(11-27)12-28-24(22)31/h2-10,15,28H,12-13H2,1H3. The molecule has 0 amide bonds. The third-order valence-electron chi connectivity index (χ3n) is 5.63. The number of benzene rings is 2. The molecule has 1 atom stereocenters. The van der Waals surface area contributed by atoms with Crippen molar-refractivity contribution >= 4 is 5.82 Å². The van der Waals surface area contributed by atoms with Crippen molar-refractivity contribution in [2.75, 3.05) is 11.9 Å². The number of rotatable bonds is 3. The molecule has 0 saturated carbocycles. The molecular formula is C24H18F2N6O. The molecule has 1 aliphatic heterocycles. The Labute approximate surface area is 187 Å². The number of fused-ring (bicyclic) bond motifs is 1. The van der Waals surface area contributed by atoms with E-state index in [0.717, 1.165) is 17.7 Å². The number of aromatic nitrogens is 4. The zero-order chi connectivity index (χ0) is 23.1. The van der Waals surface area contributed by atoms with Crippen molar-refractivity contribution in [2.45, 2.75) is 13.5 Å². The molecule has 7 nitrogen and oxygen atoms in total. The van der Waals surface area contributed by atoms with Gasteiger partial charge < -0.3 is 5.32 Å². The highest BCUT2D eigenvalue weighted by Crippen LogP contribution is 2.39. The summed E-state index contributed by atoms with van der Waals surface area (Å²) in [5.74, 6) is -1.22. The van der Waals surface area contributed by atoms with Crippen LogP contribution >= 0.6 is 0 Å². The minimum Gasteiger partial charge on any atom is -0.368 e. The van der Waals surface area contributed by atoms with Gasteiger partial charge in [-0.3, -0.25) is 4.79 Å². The number of aryl methyl sites for hydroxylation is 1. The maximum atomic E-state index is 14.8. The van der Waals surface area contributed by atoms with Crippen LogP contribution < -0.4 is 10.9 Å². The molecule has 9 heteroatoms. The largest absolute Gasteiger partial charge is 0.368 e. The van der Waals surface area contributed by atoms with Crippen LogP contribution in [0.5, 0.6) is 0 Å². The van der Waals surface area contributed by atoms with Crippen molar-refractivity contribution in [3.63, 3.8) is 0 Å². The molecule has 4 aromatic rings. The lowest BCUT2D eigenvalue weighted by atomic mass is 10.0. The van der Waals surface area contributed by atoms with Crippen LogP contribution in [0, 0.1) is 35.8 Å². The number of hydrogen-bond acceptors (Lipinski definition) is 5. The summed E-state index contributed by atoms with van der Waals surface area (Å²) in [4.78, 5) is 12.6. The molecule has 1 unspecified atom stereocenters. The van der Waals surface area contributed by atoms with Crippen molar-refractivity contribution in [1.82, 2.24) is 19.6 Å². The summed E-state index contributed by atoms with van der Waals surface area (Å²) in [6.45, 7) is 2.57. The van der Waals surface area contributed by atoms with Gasteiger partial charge in [-0.2, -0.15) is 20.1 Å². The molecule has 0 spiro atoms. The van der Waals surface area contributed by atoms with Gasteiger partial charge in [-0.05, 0) is 36.8 Å². The van der Waals surface area contributed by atoms with E-state index in [2.05, 4.69) is 21.6 Å². The van der Waals surface area contributed by atoms with Crippen LogP contribution in [-0.2, 0) is 6.54 Å². The summed E-state index contributed by atoms with van der Waals surface area (Å²) in [7, 11) is 0. The quantitative estimate of drug-likeness (QED) is 0.518. The summed E-state index contributed by atoms with van der Waals surface area (Å²) in [5, 5.41) is 21.6. The van der Waals surface area contributed by atoms with Crippen LogP contribution in [0.3, 0.4) is 0 Å². The number of nitrogens with one attached hydrogen (secondary N) is 1. The highest BCUT2D eigenvalue weighted by Gasteiger charge is 2.29. The normalized spacial score (nSPS) is 14.9. The van der Waals surface area contributed by atoms with E-state index in [0.29, 0.717) is 35.9 Å². The van der Waals surface area contributed by atoms with Gasteiger partial charge in [0.1, 0.15) is 23.1 Å². The Morgan fingerprint density at radius 2 is 1.94 bits per heavy atom. The van der Waals surface area contributed by atoms with E-state index in [4.69, 9.17) is 0 Å². The maximum absolute atomic E-state index is 14.8. The summed E-state index contributed by atoms with van der Waals surface area (Å²) in [5.41, 5.74) is 2.37. The molecule has 0 saturated heterocycles. The fourth-order valence-electron chi connectivity index (χ4n) is 3.98. The Kier molecular flexibility index (Phi) is 4.98. The Morgan fingerprint density at radius 3 is 2.70 bits per heavy atom. The van der Waals surface area contributed by atoms with E-state index in [-0.39, 0.29) is 22.7 Å². The van der Waals surface area contributed by atoms with Gasteiger partial charge in [-0.25, -0.2) is 13.5 Å². The first-order valence-corrected chi connectivity index (χ1v) is 10.3. The van der Waals surface area contributed by atoms with E-state index in [1.54, 1.807) is 16.8 Å². The number of nitriles is 1. The minimum absolute atomic E-state index is 0.0963. The van der Waals surface area contributed by atoms with Crippen molar-refractivity contribution in [2.24, 2.45) is 5.92 Å². The maximum Gasteiger partial charge on any atom is 0.271 e. The molecule has 0 aliphatic carbocycles. The Hall–Kier alpha value is -4.32. The Bertz CT molecular complexity index is 1480. The number of nitrogens with zero attached hydrogens (tertiary/aromatic N) is 5. The van der Waals surface area contributed by atoms with E-state index in [1.807, 2.05) is 25.1 Å². The zero-order valence-corrected chi connectivity index (χ0v) is 17.6. The van der Waals surface area contributed by atoms with E-state index in [1.165, 1.54) is 16.8 Å². The van der Waals surface area contributed by atoms with Crippen molar-refractivity contribution in [1.29, 1.82) is 5.26 Å². The molecule has 164 valence electrons. The lowest BCUT2D eigenvalue weighted by Gasteiger charge is -2.21. The molecule has 1 aliphatic rings. The second-order valence-corrected chi connectivity index (χ2v) is 7.84. The van der Waals surface area contributed by atoms with E-state index < -0.39 is 11.6 Å². The van der Waals surface area contributed by atoms with Gasteiger partial charge in [0.25, 0.3) is 5.56 Å². The van der Waals surface area contributed by atoms with Crippen molar-refractivity contribution in [3.05, 3.63) is 82.1 Å². The van der Waals surface area contributed by atoms with Crippen molar-refractivity contribution < 1.29 is 8.78 Å². The van der Waals surface area contributed by atoms with Gasteiger partial charge in [0.2, 0.25) is 0 Å². The van der Waals surface area contributed by atoms with E-state index in [9.17, 15) is 18.8 Å². The second kappa shape index (κ2) is 7.98. The number of halogens is 2. The highest BCUT2D eigenvalue weighted by molar-refractivity contribution is 5.87. The van der Waals surface area contributed by atoms with Gasteiger partial charge in [-0.1, -0.05) is 18.2 Å². The summed E-state index contributed by atoms with van der Waals surface area (Å²) >= 11 is 0. The van der Waals surface area contributed by atoms with Crippen LogP contribution in [-0.4, -0.2) is 26.1 Å². The molecule has 3 heterocycles. The molecular weight excluding hydrogens is 426 g/mol. The van der Waals surface area contributed by atoms with Gasteiger partial charge in [0.15, 0.2) is 0 Å². The molecule has 2 aromatic carbocycles. The first-order valence-electron chi connectivity index (χ1n) is 10.3. The molecule has 2 aromatic heterocycles. The average molecular weight is 444 g/mol. The third kappa shape index (κ3) is 3.55. The zero-order valence-electron chi connectivity index (χ0n) is 17.6. The van der Waals surface area contributed by atoms with Crippen LogP contribution in [0.15, 0.2) is 59.4 Å². The second-order valence-electron chi connectivity index (χ2n) is 7.84. The number of hydrogen-bond donors (Lipinski definition) is 1. The predicted molar refractivity (Wildman–Crippen MR) is 119 cm³/mol. The summed E-state index contributed by atoms with van der Waals surface area (Å²) in [6, 6.07) is 15.8. The monoisotopic (exact) mass is 444 g/mol. The smallest absolute Gasteiger partial charge is 0.271 e. The highest BCUT2D eigenvalue weighted by atomic mass is 19.1. The lowest BCUT2D eigenvalue weighted by molar-refractivity contribution is 0.490. The van der Waals surface area contributed by atoms with E-state index >= 15 is 0 Å². The molecule has 5 rings (SSSR count). The lowest BCUT2D eigenvalue weighted by Crippen LogP contribution is -2.27. The Morgan fingerprint density at radius 1 is 1.12 bits per heavy atom. The number of para-hydroxylation sites is 1. The topological polar surface area (TPSA) is 88.5 Å². The fraction of sp³-hybridized carbons (Fsp3) is 0.167. The van der Waals surface area contributed by atoms with Gasteiger partial charge in [-0.15, -0.1) is 0 Å².